The van der Waals surface area contributed by atoms with Crippen molar-refractivity contribution >= 4 is 19.4 Å². The Morgan fingerprint density at radius 2 is 0.957 bits per heavy atom. The van der Waals surface area contributed by atoms with Crippen molar-refractivity contribution in [1.29, 1.82) is 0 Å². The highest BCUT2D eigenvalue weighted by atomic mass is 31.1. The summed E-state index contributed by atoms with van der Waals surface area (Å²) < 4.78 is 121. The van der Waals surface area contributed by atoms with Crippen LogP contribution in [0.25, 0.3) is 0 Å². The van der Waals surface area contributed by atoms with Crippen LogP contribution in [0.3, 0.4) is 0 Å². The van der Waals surface area contributed by atoms with Gasteiger partial charge in [-0.05, 0) is 19.3 Å². The normalized spacial score (nSPS) is 13.8. The molecule has 11 heteroatoms. The van der Waals surface area contributed by atoms with E-state index in [4.69, 9.17) is 0 Å². The van der Waals surface area contributed by atoms with E-state index in [2.05, 4.69) is 27.7 Å². The number of halogens is 9. The fraction of sp³-hybridized carbons (Fsp3) is 0.829. The molecule has 1 rings (SSSR count). The molecule has 2 atom stereocenters. The van der Waals surface area contributed by atoms with Crippen molar-refractivity contribution in [3.63, 3.8) is 0 Å². The second-order valence-corrected chi connectivity index (χ2v) is 16.1. The van der Waals surface area contributed by atoms with Crippen LogP contribution in [-0.2, 0) is 0 Å². The zero-order valence-electron chi connectivity index (χ0n) is 29.5. The second kappa shape index (κ2) is 22.7. The van der Waals surface area contributed by atoms with Gasteiger partial charge in [-0.15, -0.1) is 0 Å². The van der Waals surface area contributed by atoms with Crippen LogP contribution in [0.5, 0.6) is 0 Å². The van der Waals surface area contributed by atoms with Crippen molar-refractivity contribution in [3.05, 3.63) is 28.8 Å². The van der Waals surface area contributed by atoms with E-state index in [9.17, 15) is 39.5 Å². The van der Waals surface area contributed by atoms with E-state index < -0.39 is 66.0 Å². The Morgan fingerprint density at radius 3 is 1.28 bits per heavy atom. The molecule has 0 N–H and O–H groups in total. The van der Waals surface area contributed by atoms with Gasteiger partial charge < -0.3 is 0 Å². The summed E-state index contributed by atoms with van der Waals surface area (Å²) in [5.41, 5.74) is -6.55. The van der Waals surface area contributed by atoms with Gasteiger partial charge in [-0.3, -0.25) is 0 Å². The molecule has 0 saturated carbocycles. The van der Waals surface area contributed by atoms with Gasteiger partial charge >= 0.3 is 11.8 Å². The first-order chi connectivity index (χ1) is 21.5. The van der Waals surface area contributed by atoms with Crippen LogP contribution in [0.2, 0.25) is 25.3 Å². The summed E-state index contributed by atoms with van der Waals surface area (Å²) in [6.45, 7) is 13.1. The van der Waals surface area contributed by atoms with Crippen LogP contribution in [0.15, 0.2) is 0 Å². The van der Waals surface area contributed by atoms with Crippen molar-refractivity contribution in [2.75, 3.05) is 6.16 Å². The molecule has 272 valence electrons. The third-order valence-electron chi connectivity index (χ3n) is 9.53. The lowest BCUT2D eigenvalue weighted by Crippen LogP contribution is -2.40. The third kappa shape index (κ3) is 14.3. The molecular weight excluding hydrogens is 633 g/mol. The predicted octanol–water partition coefficient (Wildman–Crippen LogP) is 14.2. The molecule has 2 unspecified atom stereocenters. The van der Waals surface area contributed by atoms with E-state index in [1.165, 1.54) is 84.0 Å². The molecule has 0 bridgehead atoms. The van der Waals surface area contributed by atoms with E-state index in [1.54, 1.807) is 32.2 Å². The van der Waals surface area contributed by atoms with E-state index in [0.717, 1.165) is 0 Å². The summed E-state index contributed by atoms with van der Waals surface area (Å²) in [7, 11) is -4.31. The minimum absolute atomic E-state index is 0.0383. The van der Waals surface area contributed by atoms with E-state index in [-0.39, 0.29) is 12.6 Å². The van der Waals surface area contributed by atoms with Crippen LogP contribution in [-0.4, -0.2) is 24.1 Å². The van der Waals surface area contributed by atoms with Gasteiger partial charge in [0.1, 0.15) is 7.92 Å². The molecule has 1 aromatic carbocycles. The van der Waals surface area contributed by atoms with Crippen molar-refractivity contribution in [1.82, 2.24) is 0 Å². The smallest absolute Gasteiger partial charge is 0.203 e. The van der Waals surface area contributed by atoms with Crippen molar-refractivity contribution < 1.29 is 39.5 Å². The quantitative estimate of drug-likeness (QED) is 0.0283. The first-order valence-corrected chi connectivity index (χ1v) is 19.6. The first kappa shape index (κ1) is 45.1. The molecule has 0 spiro atoms. The number of rotatable bonds is 22. The van der Waals surface area contributed by atoms with Gasteiger partial charge in [0.05, 0.1) is 6.16 Å². The minimum atomic E-state index is -6.06. The van der Waals surface area contributed by atoms with Crippen LogP contribution in [0.4, 0.5) is 39.5 Å². The van der Waals surface area contributed by atoms with Gasteiger partial charge in [-0.25, -0.2) is 13.2 Å². The Balaban J connectivity index is 0.000000896. The molecule has 0 amide bonds. The average Bonchev–Trinajstić information content (AvgIpc) is 2.99. The fourth-order valence-electron chi connectivity index (χ4n) is 6.69. The molecule has 0 fully saturated rings. The zero-order chi connectivity index (χ0) is 35.6. The highest BCUT2D eigenvalue weighted by Gasteiger charge is 2.70. The van der Waals surface area contributed by atoms with Gasteiger partial charge in [0.15, 0.2) is 22.8 Å². The predicted molar refractivity (Wildman–Crippen MR) is 182 cm³/mol. The molecule has 0 saturated heterocycles. The molecule has 0 aliphatic carbocycles. The summed E-state index contributed by atoms with van der Waals surface area (Å²) >= 11 is 0. The third-order valence-corrected chi connectivity index (χ3v) is 12.7. The topological polar surface area (TPSA) is 0 Å². The Bertz CT molecular complexity index is 894. The summed E-state index contributed by atoms with van der Waals surface area (Å²) in [5, 5.41) is -1.67. The van der Waals surface area contributed by atoms with E-state index in [1.807, 2.05) is 0 Å². The van der Waals surface area contributed by atoms with Gasteiger partial charge in [0.25, 0.3) is 0 Å². The lowest BCUT2D eigenvalue weighted by Gasteiger charge is -2.40. The maximum absolute atomic E-state index is 14.2. The van der Waals surface area contributed by atoms with Crippen LogP contribution in [0.1, 0.15) is 137 Å². The Kier molecular flexibility index (Phi) is 22.2. The van der Waals surface area contributed by atoms with Crippen LogP contribution in [0, 0.1) is 36.1 Å². The number of hydrogen-bond donors (Lipinski definition) is 0. The summed E-state index contributed by atoms with van der Waals surface area (Å²) in [5.74, 6) is -9.12. The SMILES string of the molecule is CCCC(C)C[PH+](c1c(F)c(C)c(F)c(F)c1F)C(F)(F)C(F)(F)F.CCCCC[B-](CCCCC)(CCCCC)CCCCC. The van der Waals surface area contributed by atoms with Crippen molar-refractivity contribution in [3.8, 4) is 0 Å². The summed E-state index contributed by atoms with van der Waals surface area (Å²) in [4.78, 5) is 0. The largest absolute Gasteiger partial charge is 0.493 e. The van der Waals surface area contributed by atoms with E-state index in [0.29, 0.717) is 13.3 Å². The maximum atomic E-state index is 14.2. The fourth-order valence-corrected chi connectivity index (χ4v) is 9.54. The summed E-state index contributed by atoms with van der Waals surface area (Å²) in [6, 6.07) is 0. The minimum Gasteiger partial charge on any atom is -0.203 e. The van der Waals surface area contributed by atoms with Gasteiger partial charge in [-0.2, -0.15) is 51.6 Å². The number of alkyl halides is 5. The van der Waals surface area contributed by atoms with Crippen molar-refractivity contribution in [2.45, 2.75) is 175 Å². The molecule has 0 nitrogen and oxygen atoms in total. The lowest BCUT2D eigenvalue weighted by atomic mass is 9.17. The molecule has 1 aromatic rings. The zero-order valence-corrected chi connectivity index (χ0v) is 30.5. The number of unbranched alkanes of at least 4 members (excludes halogenated alkanes) is 8. The molecule has 0 aromatic heterocycles. The van der Waals surface area contributed by atoms with Gasteiger partial charge in [-0.1, -0.05) is 125 Å². The Hall–Kier alpha value is -0.915. The monoisotopic (exact) mass is 694 g/mol. The van der Waals surface area contributed by atoms with Crippen LogP contribution >= 0.6 is 7.92 Å². The first-order valence-electron chi connectivity index (χ1n) is 17.9. The van der Waals surface area contributed by atoms with Crippen molar-refractivity contribution in [2.24, 2.45) is 5.92 Å². The maximum Gasteiger partial charge on any atom is 0.493 e. The van der Waals surface area contributed by atoms with Gasteiger partial charge in [0, 0.05) is 11.7 Å². The highest BCUT2D eigenvalue weighted by Crippen LogP contribution is 2.60. The second-order valence-electron chi connectivity index (χ2n) is 13.6. The number of benzene rings is 1. The number of hydrogen-bond acceptors (Lipinski definition) is 0. The Labute approximate surface area is 275 Å². The molecule has 0 aliphatic heterocycles. The standard InChI is InChI=1S/C20H44B.C15H16F9P/c1-5-9-13-17-21(18-14-10-6-2,19-15-11-7-3)20-16-12-8-4;1-4-5-7(2)6-25(15(23,24)14(20,21)22)13-10(17)8(3)9(16)11(18)12(13)19/h5-20H2,1-4H3;7H,4-6H2,1-3H3/q-1;/p+1. The van der Waals surface area contributed by atoms with Crippen LogP contribution < -0.4 is 5.30 Å². The molecule has 0 aliphatic rings. The Morgan fingerprint density at radius 1 is 0.565 bits per heavy atom. The molecule has 0 heterocycles. The molecule has 0 radical (unpaired) electrons. The molecule has 46 heavy (non-hydrogen) atoms. The van der Waals surface area contributed by atoms with E-state index >= 15 is 0 Å². The molecular formula is C35H61BF9P. The van der Waals surface area contributed by atoms with Gasteiger partial charge in [0.2, 0.25) is 5.82 Å². The highest BCUT2D eigenvalue weighted by molar-refractivity contribution is 7.66. The lowest BCUT2D eigenvalue weighted by molar-refractivity contribution is -0.240. The summed E-state index contributed by atoms with van der Waals surface area (Å²) in [6.07, 6.45) is 17.4. The average molecular weight is 695 g/mol.